The van der Waals surface area contributed by atoms with Crippen LogP contribution < -0.4 is 5.32 Å². The summed E-state index contributed by atoms with van der Waals surface area (Å²) in [6.07, 6.45) is 4.22. The first-order chi connectivity index (χ1) is 9.59. The topological polar surface area (TPSA) is 78.9 Å². The van der Waals surface area contributed by atoms with Crippen molar-refractivity contribution in [3.05, 3.63) is 0 Å². The quantitative estimate of drug-likeness (QED) is 0.822. The number of aliphatic carboxylic acids is 1. The van der Waals surface area contributed by atoms with Crippen molar-refractivity contribution >= 4 is 12.0 Å². The number of carboxylic acids is 1. The van der Waals surface area contributed by atoms with E-state index in [1.165, 1.54) is 4.90 Å². The lowest BCUT2D eigenvalue weighted by atomic mass is 10.0. The lowest BCUT2D eigenvalue weighted by molar-refractivity contribution is -0.142. The van der Waals surface area contributed by atoms with Gasteiger partial charge in [0.25, 0.3) is 0 Å². The molecule has 0 radical (unpaired) electrons. The molecule has 2 rings (SSSR count). The summed E-state index contributed by atoms with van der Waals surface area (Å²) in [5.41, 5.74) is 0. The molecule has 0 aromatic heterocycles. The molecule has 2 aliphatic rings. The summed E-state index contributed by atoms with van der Waals surface area (Å²) in [6.45, 7) is 3.90. The van der Waals surface area contributed by atoms with Crippen molar-refractivity contribution in [2.24, 2.45) is 5.92 Å². The molecule has 3 unspecified atom stereocenters. The number of carbonyl (C=O) groups is 2. The second-order valence-electron chi connectivity index (χ2n) is 5.76. The molecular weight excluding hydrogens is 260 g/mol. The summed E-state index contributed by atoms with van der Waals surface area (Å²) in [6, 6.07) is -0.925. The molecule has 0 bridgehead atoms. The van der Waals surface area contributed by atoms with Gasteiger partial charge in [0.15, 0.2) is 0 Å². The van der Waals surface area contributed by atoms with Crippen LogP contribution in [0.3, 0.4) is 0 Å². The van der Waals surface area contributed by atoms with Crippen molar-refractivity contribution in [3.8, 4) is 0 Å². The van der Waals surface area contributed by atoms with Crippen LogP contribution in [0.25, 0.3) is 0 Å². The molecule has 20 heavy (non-hydrogen) atoms. The zero-order valence-electron chi connectivity index (χ0n) is 12.0. The molecule has 2 amide bonds. The lowest BCUT2D eigenvalue weighted by Gasteiger charge is -2.30. The van der Waals surface area contributed by atoms with Crippen molar-refractivity contribution in [1.29, 1.82) is 0 Å². The Morgan fingerprint density at radius 3 is 2.75 bits per heavy atom. The summed E-state index contributed by atoms with van der Waals surface area (Å²) in [5, 5.41) is 12.2. The van der Waals surface area contributed by atoms with Crippen LogP contribution in [-0.2, 0) is 9.53 Å². The van der Waals surface area contributed by atoms with Crippen LogP contribution in [0, 0.1) is 5.92 Å². The highest BCUT2D eigenvalue weighted by atomic mass is 16.5. The molecule has 2 fully saturated rings. The normalized spacial score (nSPS) is 28.8. The van der Waals surface area contributed by atoms with Gasteiger partial charge < -0.3 is 20.1 Å². The third-order valence-electron chi connectivity index (χ3n) is 4.32. The first-order valence-electron chi connectivity index (χ1n) is 7.47. The van der Waals surface area contributed by atoms with Gasteiger partial charge in [0, 0.05) is 25.1 Å². The molecule has 3 atom stereocenters. The molecule has 6 heteroatoms. The van der Waals surface area contributed by atoms with E-state index >= 15 is 0 Å². The molecule has 0 spiro atoms. The summed E-state index contributed by atoms with van der Waals surface area (Å²) < 4.78 is 5.33. The van der Waals surface area contributed by atoms with E-state index in [0.717, 1.165) is 32.3 Å². The summed E-state index contributed by atoms with van der Waals surface area (Å²) in [5.74, 6) is -0.576. The van der Waals surface area contributed by atoms with Crippen molar-refractivity contribution in [2.45, 2.75) is 51.1 Å². The smallest absolute Gasteiger partial charge is 0.326 e. The fourth-order valence-corrected chi connectivity index (χ4v) is 2.95. The van der Waals surface area contributed by atoms with Crippen molar-refractivity contribution < 1.29 is 19.4 Å². The van der Waals surface area contributed by atoms with E-state index in [9.17, 15) is 14.7 Å². The highest BCUT2D eigenvalue weighted by Gasteiger charge is 2.32. The van der Waals surface area contributed by atoms with Gasteiger partial charge in [-0.3, -0.25) is 0 Å². The molecule has 0 saturated carbocycles. The van der Waals surface area contributed by atoms with Gasteiger partial charge in [0.2, 0.25) is 0 Å². The summed E-state index contributed by atoms with van der Waals surface area (Å²) >= 11 is 0. The van der Waals surface area contributed by atoms with E-state index in [2.05, 4.69) is 5.32 Å². The van der Waals surface area contributed by atoms with Crippen molar-refractivity contribution in [3.63, 3.8) is 0 Å². The minimum atomic E-state index is -0.904. The number of carboxylic acid groups (broad SMARTS) is 1. The second kappa shape index (κ2) is 6.92. The van der Waals surface area contributed by atoms with E-state index in [0.29, 0.717) is 25.5 Å². The number of hydrogen-bond acceptors (Lipinski definition) is 3. The first kappa shape index (κ1) is 15.1. The summed E-state index contributed by atoms with van der Waals surface area (Å²) in [7, 11) is 0. The van der Waals surface area contributed by atoms with Gasteiger partial charge in [-0.15, -0.1) is 0 Å². The van der Waals surface area contributed by atoms with Crippen LogP contribution in [0.2, 0.25) is 0 Å². The molecule has 2 aliphatic heterocycles. The van der Waals surface area contributed by atoms with E-state index < -0.39 is 12.0 Å². The maximum absolute atomic E-state index is 12.3. The van der Waals surface area contributed by atoms with Crippen molar-refractivity contribution in [2.75, 3.05) is 19.8 Å². The number of carbonyl (C=O) groups excluding carboxylic acids is 1. The molecule has 0 aliphatic carbocycles. The maximum atomic E-state index is 12.3. The fourth-order valence-electron chi connectivity index (χ4n) is 2.95. The fraction of sp³-hybridized carbons (Fsp3) is 0.857. The molecule has 6 nitrogen and oxygen atoms in total. The molecule has 2 N–H and O–H groups in total. The van der Waals surface area contributed by atoms with Gasteiger partial charge in [-0.1, -0.05) is 12.8 Å². The SMILES string of the molecule is CC(NC(=O)N1CCCCCC1C(=O)O)C1CCOC1. The highest BCUT2D eigenvalue weighted by molar-refractivity contribution is 5.82. The number of nitrogens with one attached hydrogen (secondary N) is 1. The van der Waals surface area contributed by atoms with E-state index in [1.807, 2.05) is 6.92 Å². The minimum Gasteiger partial charge on any atom is -0.480 e. The Kier molecular flexibility index (Phi) is 5.23. The van der Waals surface area contributed by atoms with Crippen LogP contribution in [0.5, 0.6) is 0 Å². The van der Waals surface area contributed by atoms with Gasteiger partial charge in [-0.25, -0.2) is 9.59 Å². The lowest BCUT2D eigenvalue weighted by Crippen LogP contribution is -2.52. The Labute approximate surface area is 119 Å². The van der Waals surface area contributed by atoms with Gasteiger partial charge in [0.1, 0.15) is 6.04 Å². The van der Waals surface area contributed by atoms with Crippen LogP contribution >= 0.6 is 0 Å². The zero-order chi connectivity index (χ0) is 14.5. The standard InChI is InChI=1S/C14H24N2O4/c1-10(11-6-8-20-9-11)15-14(19)16-7-4-2-3-5-12(16)13(17)18/h10-12H,2-9H2,1H3,(H,15,19)(H,17,18). The molecule has 0 aromatic carbocycles. The van der Waals surface area contributed by atoms with Crippen LogP contribution in [0.4, 0.5) is 4.79 Å². The Bertz CT molecular complexity index is 355. The number of likely N-dealkylation sites (tertiary alicyclic amines) is 1. The summed E-state index contributed by atoms with van der Waals surface area (Å²) in [4.78, 5) is 25.2. The van der Waals surface area contributed by atoms with E-state index in [-0.39, 0.29) is 12.1 Å². The number of hydrogen-bond donors (Lipinski definition) is 2. The monoisotopic (exact) mass is 284 g/mol. The number of rotatable bonds is 3. The van der Waals surface area contributed by atoms with E-state index in [1.54, 1.807) is 0 Å². The molecule has 2 saturated heterocycles. The Morgan fingerprint density at radius 2 is 2.10 bits per heavy atom. The Morgan fingerprint density at radius 1 is 1.30 bits per heavy atom. The van der Waals surface area contributed by atoms with Gasteiger partial charge in [0.05, 0.1) is 6.61 Å². The highest BCUT2D eigenvalue weighted by Crippen LogP contribution is 2.19. The Hall–Kier alpha value is -1.30. The molecule has 114 valence electrons. The largest absolute Gasteiger partial charge is 0.480 e. The average molecular weight is 284 g/mol. The molecule has 2 heterocycles. The van der Waals surface area contributed by atoms with Gasteiger partial charge in [-0.2, -0.15) is 0 Å². The van der Waals surface area contributed by atoms with Crippen molar-refractivity contribution in [1.82, 2.24) is 10.2 Å². The molecular formula is C14H24N2O4. The van der Waals surface area contributed by atoms with Gasteiger partial charge in [-0.05, 0) is 26.2 Å². The Balaban J connectivity index is 1.95. The number of amides is 2. The number of urea groups is 1. The van der Waals surface area contributed by atoms with Crippen LogP contribution in [0.15, 0.2) is 0 Å². The van der Waals surface area contributed by atoms with Crippen LogP contribution in [0.1, 0.15) is 39.0 Å². The predicted octanol–water partition coefficient (Wildman–Crippen LogP) is 1.45. The number of nitrogens with zero attached hydrogens (tertiary/aromatic N) is 1. The van der Waals surface area contributed by atoms with Crippen LogP contribution in [-0.4, -0.2) is 53.8 Å². The maximum Gasteiger partial charge on any atom is 0.326 e. The first-order valence-corrected chi connectivity index (χ1v) is 7.47. The van der Waals surface area contributed by atoms with E-state index in [4.69, 9.17) is 4.74 Å². The van der Waals surface area contributed by atoms with Gasteiger partial charge >= 0.3 is 12.0 Å². The predicted molar refractivity (Wildman–Crippen MR) is 73.5 cm³/mol. The third-order valence-corrected chi connectivity index (χ3v) is 4.32. The zero-order valence-corrected chi connectivity index (χ0v) is 12.0. The average Bonchev–Trinajstić information content (AvgIpc) is 2.82. The third kappa shape index (κ3) is 3.62. The molecule has 0 aromatic rings. The number of ether oxygens (including phenoxy) is 1. The second-order valence-corrected chi connectivity index (χ2v) is 5.76. The minimum absolute atomic E-state index is 0.0164.